The molecule has 3 rings (SSSR count). The summed E-state index contributed by atoms with van der Waals surface area (Å²) in [7, 11) is 0. The number of hydrogen-bond donors (Lipinski definition) is 0. The van der Waals surface area contributed by atoms with E-state index in [1.165, 1.54) is 22.4 Å². The molecule has 1 nitrogen and oxygen atoms in total. The van der Waals surface area contributed by atoms with Crippen LogP contribution in [0.3, 0.4) is 0 Å². The monoisotopic (exact) mass is 235 g/mol. The molecule has 0 saturated carbocycles. The van der Waals surface area contributed by atoms with Gasteiger partial charge in [0.2, 0.25) is 0 Å². The SMILES string of the molecule is CC(C)C1=Nc2cc(-c3ccccc3)ccc2C1. The van der Waals surface area contributed by atoms with Gasteiger partial charge in [0.15, 0.2) is 0 Å². The van der Waals surface area contributed by atoms with E-state index in [2.05, 4.69) is 56.3 Å². The molecule has 1 aliphatic heterocycles. The second kappa shape index (κ2) is 4.41. The van der Waals surface area contributed by atoms with Gasteiger partial charge in [0.1, 0.15) is 0 Å². The first-order chi connectivity index (χ1) is 8.74. The molecule has 0 aliphatic carbocycles. The highest BCUT2D eigenvalue weighted by Gasteiger charge is 2.17. The van der Waals surface area contributed by atoms with E-state index in [4.69, 9.17) is 4.99 Å². The maximum Gasteiger partial charge on any atom is 0.0671 e. The summed E-state index contributed by atoms with van der Waals surface area (Å²) in [5, 5.41) is 0. The van der Waals surface area contributed by atoms with Crippen molar-refractivity contribution in [2.24, 2.45) is 10.9 Å². The molecule has 0 amide bonds. The molecule has 0 aromatic heterocycles. The van der Waals surface area contributed by atoms with Crippen molar-refractivity contribution in [3.05, 3.63) is 54.1 Å². The third-order valence-electron chi connectivity index (χ3n) is 3.49. The van der Waals surface area contributed by atoms with Gasteiger partial charge in [0.05, 0.1) is 5.69 Å². The number of aliphatic imine (C=N–C) groups is 1. The molecule has 2 aromatic rings. The number of hydrogen-bond acceptors (Lipinski definition) is 1. The van der Waals surface area contributed by atoms with E-state index in [1.807, 2.05) is 6.07 Å². The number of benzene rings is 2. The first-order valence-electron chi connectivity index (χ1n) is 6.50. The molecular formula is C17H17N. The fourth-order valence-corrected chi connectivity index (χ4v) is 2.35. The molecular weight excluding hydrogens is 218 g/mol. The molecule has 90 valence electrons. The molecule has 1 aliphatic rings. The van der Waals surface area contributed by atoms with Gasteiger partial charge >= 0.3 is 0 Å². The molecule has 0 N–H and O–H groups in total. The normalized spacial score (nSPS) is 13.6. The van der Waals surface area contributed by atoms with Crippen LogP contribution >= 0.6 is 0 Å². The minimum absolute atomic E-state index is 0.539. The lowest BCUT2D eigenvalue weighted by Crippen LogP contribution is -2.06. The van der Waals surface area contributed by atoms with E-state index in [0.717, 1.165) is 12.1 Å². The second-order valence-electron chi connectivity index (χ2n) is 5.14. The van der Waals surface area contributed by atoms with Crippen LogP contribution in [0, 0.1) is 5.92 Å². The summed E-state index contributed by atoms with van der Waals surface area (Å²) in [6, 6.07) is 17.1. The van der Waals surface area contributed by atoms with Crippen LogP contribution in [0.5, 0.6) is 0 Å². The Bertz CT molecular complexity index is 594. The lowest BCUT2D eigenvalue weighted by Gasteiger charge is -2.03. The largest absolute Gasteiger partial charge is 0.257 e. The van der Waals surface area contributed by atoms with E-state index in [-0.39, 0.29) is 0 Å². The van der Waals surface area contributed by atoms with Crippen LogP contribution in [-0.2, 0) is 6.42 Å². The summed E-state index contributed by atoms with van der Waals surface area (Å²) in [5.41, 5.74) is 6.32. The fourth-order valence-electron chi connectivity index (χ4n) is 2.35. The van der Waals surface area contributed by atoms with E-state index in [1.54, 1.807) is 0 Å². The molecule has 2 aromatic carbocycles. The summed E-state index contributed by atoms with van der Waals surface area (Å²) in [4.78, 5) is 4.75. The third kappa shape index (κ3) is 1.97. The highest BCUT2D eigenvalue weighted by molar-refractivity contribution is 5.95. The first kappa shape index (κ1) is 11.2. The lowest BCUT2D eigenvalue weighted by molar-refractivity contribution is 0.871. The molecule has 18 heavy (non-hydrogen) atoms. The average molecular weight is 235 g/mol. The first-order valence-corrected chi connectivity index (χ1v) is 6.50. The maximum absolute atomic E-state index is 4.75. The zero-order chi connectivity index (χ0) is 12.5. The highest BCUT2D eigenvalue weighted by atomic mass is 14.8. The maximum atomic E-state index is 4.75. The topological polar surface area (TPSA) is 12.4 Å². The Hall–Kier alpha value is -1.89. The van der Waals surface area contributed by atoms with Gasteiger partial charge in [-0.3, -0.25) is 4.99 Å². The van der Waals surface area contributed by atoms with E-state index in [0.29, 0.717) is 5.92 Å². The van der Waals surface area contributed by atoms with Crippen LogP contribution < -0.4 is 0 Å². The minimum Gasteiger partial charge on any atom is -0.257 e. The van der Waals surface area contributed by atoms with Gasteiger partial charge in [-0.1, -0.05) is 56.3 Å². The van der Waals surface area contributed by atoms with Crippen molar-refractivity contribution in [3.63, 3.8) is 0 Å². The number of nitrogens with zero attached hydrogens (tertiary/aromatic N) is 1. The van der Waals surface area contributed by atoms with Crippen molar-refractivity contribution >= 4 is 11.4 Å². The molecule has 0 radical (unpaired) electrons. The molecule has 0 unspecified atom stereocenters. The Kier molecular flexibility index (Phi) is 2.75. The summed E-state index contributed by atoms with van der Waals surface area (Å²) < 4.78 is 0. The Morgan fingerprint density at radius 3 is 2.44 bits per heavy atom. The second-order valence-corrected chi connectivity index (χ2v) is 5.14. The molecule has 0 fully saturated rings. The quantitative estimate of drug-likeness (QED) is 0.719. The minimum atomic E-state index is 0.539. The van der Waals surface area contributed by atoms with E-state index >= 15 is 0 Å². The van der Waals surface area contributed by atoms with Crippen LogP contribution in [-0.4, -0.2) is 5.71 Å². The van der Waals surface area contributed by atoms with Crippen LogP contribution in [0.15, 0.2) is 53.5 Å². The predicted octanol–water partition coefficient (Wildman–Crippen LogP) is 4.64. The molecule has 0 atom stereocenters. The summed E-state index contributed by atoms with van der Waals surface area (Å²) in [6.07, 6.45) is 1.02. The van der Waals surface area contributed by atoms with Crippen LogP contribution in [0.4, 0.5) is 5.69 Å². The van der Waals surface area contributed by atoms with E-state index in [9.17, 15) is 0 Å². The van der Waals surface area contributed by atoms with E-state index < -0.39 is 0 Å². The molecule has 0 spiro atoms. The van der Waals surface area contributed by atoms with Gasteiger partial charge in [-0.05, 0) is 28.7 Å². The Morgan fingerprint density at radius 1 is 0.944 bits per heavy atom. The van der Waals surface area contributed by atoms with Crippen molar-refractivity contribution in [2.75, 3.05) is 0 Å². The van der Waals surface area contributed by atoms with Crippen LogP contribution in [0.1, 0.15) is 19.4 Å². The Balaban J connectivity index is 2.01. The van der Waals surface area contributed by atoms with Gasteiger partial charge in [0.25, 0.3) is 0 Å². The Morgan fingerprint density at radius 2 is 1.72 bits per heavy atom. The molecule has 0 bridgehead atoms. The number of rotatable bonds is 2. The van der Waals surface area contributed by atoms with Crippen molar-refractivity contribution in [2.45, 2.75) is 20.3 Å². The zero-order valence-corrected chi connectivity index (χ0v) is 10.9. The zero-order valence-electron chi connectivity index (χ0n) is 10.9. The van der Waals surface area contributed by atoms with Crippen LogP contribution in [0.2, 0.25) is 0 Å². The van der Waals surface area contributed by atoms with Gasteiger partial charge in [0, 0.05) is 12.1 Å². The number of fused-ring (bicyclic) bond motifs is 1. The fraction of sp³-hybridized carbons (Fsp3) is 0.235. The van der Waals surface area contributed by atoms with Crippen molar-refractivity contribution in [3.8, 4) is 11.1 Å². The van der Waals surface area contributed by atoms with Gasteiger partial charge in [-0.15, -0.1) is 0 Å². The summed E-state index contributed by atoms with van der Waals surface area (Å²) in [5.74, 6) is 0.539. The van der Waals surface area contributed by atoms with Crippen molar-refractivity contribution in [1.82, 2.24) is 0 Å². The average Bonchev–Trinajstić information content (AvgIpc) is 2.82. The molecule has 1 heteroatoms. The van der Waals surface area contributed by atoms with Gasteiger partial charge in [-0.25, -0.2) is 0 Å². The standard InChI is InChI=1S/C17H17N/c1-12(2)16-11-15-9-8-14(10-17(15)18-16)13-6-4-3-5-7-13/h3-10,12H,11H2,1-2H3. The van der Waals surface area contributed by atoms with Crippen molar-refractivity contribution < 1.29 is 0 Å². The van der Waals surface area contributed by atoms with Gasteiger partial charge < -0.3 is 0 Å². The highest BCUT2D eigenvalue weighted by Crippen LogP contribution is 2.33. The third-order valence-corrected chi connectivity index (χ3v) is 3.49. The summed E-state index contributed by atoms with van der Waals surface area (Å²) >= 11 is 0. The summed E-state index contributed by atoms with van der Waals surface area (Å²) in [6.45, 7) is 4.42. The smallest absolute Gasteiger partial charge is 0.0671 e. The van der Waals surface area contributed by atoms with Crippen LogP contribution in [0.25, 0.3) is 11.1 Å². The molecule has 1 heterocycles. The Labute approximate surface area is 108 Å². The predicted molar refractivity (Wildman–Crippen MR) is 77.5 cm³/mol. The lowest BCUT2D eigenvalue weighted by atomic mass is 9.99. The molecule has 0 saturated heterocycles. The van der Waals surface area contributed by atoms with Crippen molar-refractivity contribution in [1.29, 1.82) is 0 Å². The van der Waals surface area contributed by atoms with Gasteiger partial charge in [-0.2, -0.15) is 0 Å².